The molecule has 0 fully saturated rings. The van der Waals surface area contributed by atoms with Gasteiger partial charge in [0, 0.05) is 42.5 Å². The van der Waals surface area contributed by atoms with Crippen LogP contribution in [0.25, 0.3) is 10.9 Å². The number of ether oxygens (including phenoxy) is 2. The SMILES string of the molecule is COc1cc2cc(CN(Cc3cccnc3)S(=O)(=O)c3c(C)cc(C)cc3C)c(=O)[nH]c2cc1OC. The largest absolute Gasteiger partial charge is 0.493 e. The Morgan fingerprint density at radius 2 is 1.61 bits per heavy atom. The first-order valence-electron chi connectivity index (χ1n) is 11.4. The van der Waals surface area contributed by atoms with E-state index in [0.717, 1.165) is 5.56 Å². The third kappa shape index (κ3) is 4.98. The summed E-state index contributed by atoms with van der Waals surface area (Å²) in [6, 6.07) is 12.4. The zero-order valence-corrected chi connectivity index (χ0v) is 21.8. The van der Waals surface area contributed by atoms with Gasteiger partial charge < -0.3 is 14.5 Å². The van der Waals surface area contributed by atoms with Gasteiger partial charge in [-0.1, -0.05) is 23.8 Å². The first-order valence-corrected chi connectivity index (χ1v) is 12.8. The molecule has 0 aliphatic rings. The third-order valence-electron chi connectivity index (χ3n) is 6.06. The van der Waals surface area contributed by atoms with Crippen LogP contribution in [0.5, 0.6) is 11.5 Å². The van der Waals surface area contributed by atoms with Crippen molar-refractivity contribution < 1.29 is 17.9 Å². The Balaban J connectivity index is 1.84. The molecule has 1 N–H and O–H groups in total. The summed E-state index contributed by atoms with van der Waals surface area (Å²) in [6.45, 7) is 5.45. The molecule has 8 nitrogen and oxygen atoms in total. The molecule has 188 valence electrons. The van der Waals surface area contributed by atoms with Crippen molar-refractivity contribution in [3.05, 3.63) is 93.0 Å². The molecule has 0 spiro atoms. The lowest BCUT2D eigenvalue weighted by Crippen LogP contribution is -2.33. The van der Waals surface area contributed by atoms with Gasteiger partial charge in [0.2, 0.25) is 10.0 Å². The van der Waals surface area contributed by atoms with Crippen LogP contribution in [0.3, 0.4) is 0 Å². The first kappa shape index (κ1) is 25.4. The number of rotatable bonds is 8. The summed E-state index contributed by atoms with van der Waals surface area (Å²) < 4.78 is 40.1. The van der Waals surface area contributed by atoms with Crippen molar-refractivity contribution >= 4 is 20.9 Å². The molecule has 0 radical (unpaired) electrons. The minimum absolute atomic E-state index is 0.0618. The van der Waals surface area contributed by atoms with Gasteiger partial charge in [0.1, 0.15) is 0 Å². The van der Waals surface area contributed by atoms with Crippen LogP contribution in [0.15, 0.2) is 64.5 Å². The zero-order chi connectivity index (χ0) is 26.0. The molecule has 0 atom stereocenters. The topological polar surface area (TPSA) is 102 Å². The molecule has 0 aliphatic heterocycles. The van der Waals surface area contributed by atoms with E-state index >= 15 is 0 Å². The fourth-order valence-electron chi connectivity index (χ4n) is 4.51. The molecular formula is C27H29N3O5S. The lowest BCUT2D eigenvalue weighted by molar-refractivity contribution is 0.355. The molecule has 4 aromatic rings. The van der Waals surface area contributed by atoms with Crippen LogP contribution < -0.4 is 15.0 Å². The number of H-pyrrole nitrogens is 1. The van der Waals surface area contributed by atoms with E-state index in [1.165, 1.54) is 18.5 Å². The van der Waals surface area contributed by atoms with Crippen molar-refractivity contribution in [1.82, 2.24) is 14.3 Å². The van der Waals surface area contributed by atoms with Gasteiger partial charge >= 0.3 is 0 Å². The number of aromatic amines is 1. The lowest BCUT2D eigenvalue weighted by Gasteiger charge is -2.24. The summed E-state index contributed by atoms with van der Waals surface area (Å²) in [7, 11) is -0.908. The van der Waals surface area contributed by atoms with E-state index in [0.29, 0.717) is 44.7 Å². The number of sulfonamides is 1. The number of methoxy groups -OCH3 is 2. The van der Waals surface area contributed by atoms with Crippen LogP contribution in [-0.4, -0.2) is 36.9 Å². The van der Waals surface area contributed by atoms with Crippen molar-refractivity contribution in [2.45, 2.75) is 38.8 Å². The number of hydrogen-bond donors (Lipinski definition) is 1. The highest BCUT2D eigenvalue weighted by atomic mass is 32.2. The second-order valence-corrected chi connectivity index (χ2v) is 10.7. The number of hydrogen-bond acceptors (Lipinski definition) is 6. The molecule has 2 aromatic heterocycles. The summed E-state index contributed by atoms with van der Waals surface area (Å²) in [5.74, 6) is 0.994. The standard InChI is InChI=1S/C27H29N3O5S/c1-17-9-18(2)26(19(3)10-17)36(32,33)30(15-20-7-6-8-28-14-20)16-22-11-21-12-24(34-4)25(35-5)13-23(21)29-27(22)31/h6-14H,15-16H2,1-5H3,(H,29,31). The Hall–Kier alpha value is -3.69. The van der Waals surface area contributed by atoms with Crippen molar-refractivity contribution in [3.63, 3.8) is 0 Å². The number of fused-ring (bicyclic) bond motifs is 1. The number of benzene rings is 2. The van der Waals surface area contributed by atoms with Crippen LogP contribution in [0, 0.1) is 20.8 Å². The summed E-state index contributed by atoms with van der Waals surface area (Å²) in [4.78, 5) is 20.3. The van der Waals surface area contributed by atoms with Crippen LogP contribution in [0.2, 0.25) is 0 Å². The molecule has 0 unspecified atom stereocenters. The van der Waals surface area contributed by atoms with Gasteiger partial charge in [-0.3, -0.25) is 9.78 Å². The smallest absolute Gasteiger partial charge is 0.252 e. The summed E-state index contributed by atoms with van der Waals surface area (Å²) in [5, 5.41) is 0.698. The molecule has 0 bridgehead atoms. The maximum Gasteiger partial charge on any atom is 0.252 e. The van der Waals surface area contributed by atoms with Gasteiger partial charge in [-0.15, -0.1) is 0 Å². The van der Waals surface area contributed by atoms with E-state index in [1.54, 1.807) is 50.5 Å². The minimum atomic E-state index is -3.96. The summed E-state index contributed by atoms with van der Waals surface area (Å²) in [6.07, 6.45) is 3.26. The van der Waals surface area contributed by atoms with E-state index in [2.05, 4.69) is 9.97 Å². The minimum Gasteiger partial charge on any atom is -0.493 e. The molecule has 2 aromatic carbocycles. The predicted molar refractivity (Wildman–Crippen MR) is 139 cm³/mol. The van der Waals surface area contributed by atoms with E-state index in [4.69, 9.17) is 9.47 Å². The Kier molecular flexibility index (Phi) is 7.14. The zero-order valence-electron chi connectivity index (χ0n) is 21.0. The fraction of sp³-hybridized carbons (Fsp3) is 0.259. The monoisotopic (exact) mass is 507 g/mol. The van der Waals surface area contributed by atoms with Crippen molar-refractivity contribution in [3.8, 4) is 11.5 Å². The van der Waals surface area contributed by atoms with Crippen LogP contribution in [-0.2, 0) is 23.1 Å². The number of aryl methyl sites for hydroxylation is 3. The van der Waals surface area contributed by atoms with Crippen LogP contribution in [0.1, 0.15) is 27.8 Å². The van der Waals surface area contributed by atoms with Gasteiger partial charge in [-0.2, -0.15) is 4.31 Å². The molecule has 36 heavy (non-hydrogen) atoms. The second-order valence-electron chi connectivity index (χ2n) is 8.78. The maximum absolute atomic E-state index is 14.0. The number of pyridine rings is 2. The average molecular weight is 508 g/mol. The Labute approximate surface area is 210 Å². The third-order valence-corrected chi connectivity index (χ3v) is 8.15. The average Bonchev–Trinajstić information content (AvgIpc) is 2.83. The van der Waals surface area contributed by atoms with Gasteiger partial charge in [-0.25, -0.2) is 8.42 Å². The predicted octanol–water partition coefficient (Wildman–Crippen LogP) is 4.26. The van der Waals surface area contributed by atoms with Gasteiger partial charge in [0.05, 0.1) is 24.6 Å². The van der Waals surface area contributed by atoms with Gasteiger partial charge in [0.25, 0.3) is 5.56 Å². The number of aromatic nitrogens is 2. The van der Waals surface area contributed by atoms with E-state index in [1.807, 2.05) is 25.1 Å². The van der Waals surface area contributed by atoms with E-state index in [-0.39, 0.29) is 23.5 Å². The second kappa shape index (κ2) is 10.1. The highest BCUT2D eigenvalue weighted by Crippen LogP contribution is 2.32. The van der Waals surface area contributed by atoms with E-state index < -0.39 is 10.0 Å². The van der Waals surface area contributed by atoms with Crippen molar-refractivity contribution in [1.29, 1.82) is 0 Å². The summed E-state index contributed by atoms with van der Waals surface area (Å²) in [5.41, 5.74) is 3.52. The fourth-order valence-corrected chi connectivity index (χ4v) is 6.33. The lowest BCUT2D eigenvalue weighted by atomic mass is 10.1. The first-order chi connectivity index (χ1) is 17.1. The highest BCUT2D eigenvalue weighted by molar-refractivity contribution is 7.89. The maximum atomic E-state index is 14.0. The van der Waals surface area contributed by atoms with Crippen molar-refractivity contribution in [2.24, 2.45) is 0 Å². The summed E-state index contributed by atoms with van der Waals surface area (Å²) >= 11 is 0. The molecule has 9 heteroatoms. The molecule has 2 heterocycles. The molecule has 0 saturated carbocycles. The van der Waals surface area contributed by atoms with Crippen LogP contribution in [0.4, 0.5) is 0 Å². The molecule has 0 aliphatic carbocycles. The molecule has 4 rings (SSSR count). The highest BCUT2D eigenvalue weighted by Gasteiger charge is 2.29. The Morgan fingerprint density at radius 3 is 2.22 bits per heavy atom. The normalized spacial score (nSPS) is 11.7. The van der Waals surface area contributed by atoms with Gasteiger partial charge in [-0.05, 0) is 55.7 Å². The van der Waals surface area contributed by atoms with E-state index in [9.17, 15) is 13.2 Å². The quantitative estimate of drug-likeness (QED) is 0.383. The number of nitrogens with zero attached hydrogens (tertiary/aromatic N) is 2. The Morgan fingerprint density at radius 1 is 0.944 bits per heavy atom. The Bertz CT molecular complexity index is 1560. The molecule has 0 amide bonds. The molecule has 0 saturated heterocycles. The molecular weight excluding hydrogens is 478 g/mol. The van der Waals surface area contributed by atoms with Crippen LogP contribution >= 0.6 is 0 Å². The van der Waals surface area contributed by atoms with Gasteiger partial charge in [0.15, 0.2) is 11.5 Å². The number of nitrogens with one attached hydrogen (secondary N) is 1. The van der Waals surface area contributed by atoms with Crippen molar-refractivity contribution in [2.75, 3.05) is 14.2 Å².